The Morgan fingerprint density at radius 2 is 2.17 bits per heavy atom. The molecule has 0 unspecified atom stereocenters. The minimum atomic E-state index is 0.837. The van der Waals surface area contributed by atoms with Crippen molar-refractivity contribution in [1.29, 1.82) is 0 Å². The summed E-state index contributed by atoms with van der Waals surface area (Å²) in [5.74, 6) is 0.897. The van der Waals surface area contributed by atoms with E-state index in [1.807, 2.05) is 26.6 Å². The molecule has 18 heavy (non-hydrogen) atoms. The molecule has 1 N–H and O–H groups in total. The van der Waals surface area contributed by atoms with Gasteiger partial charge < -0.3 is 9.88 Å². The largest absolute Gasteiger partial charge is 0.372 e. The fraction of sp³-hybridized carbons (Fsp3) is 0.571. The predicted molar refractivity (Wildman–Crippen MR) is 78.4 cm³/mol. The zero-order chi connectivity index (χ0) is 13.5. The lowest BCUT2D eigenvalue weighted by Crippen LogP contribution is -2.09. The van der Waals surface area contributed by atoms with E-state index in [1.165, 1.54) is 11.1 Å². The minimum absolute atomic E-state index is 0.837. The second-order valence-electron chi connectivity index (χ2n) is 4.50. The van der Waals surface area contributed by atoms with Gasteiger partial charge in [-0.3, -0.25) is 4.99 Å². The summed E-state index contributed by atoms with van der Waals surface area (Å²) in [6.07, 6.45) is 6.16. The average molecular weight is 248 g/mol. The SMILES string of the molecule is CCC/C(C)=C(Cn1cnc(NC)c1)\C(C)=N/C. The molecule has 0 aromatic carbocycles. The van der Waals surface area contributed by atoms with Crippen molar-refractivity contribution in [2.45, 2.75) is 40.2 Å². The van der Waals surface area contributed by atoms with Crippen molar-refractivity contribution in [1.82, 2.24) is 9.55 Å². The number of anilines is 1. The van der Waals surface area contributed by atoms with Crippen LogP contribution in [0.15, 0.2) is 28.7 Å². The molecule has 0 spiro atoms. The van der Waals surface area contributed by atoms with Crippen LogP contribution in [0, 0.1) is 0 Å². The number of allylic oxidation sites excluding steroid dienone is 2. The molecule has 0 fully saturated rings. The third-order valence-electron chi connectivity index (χ3n) is 3.14. The van der Waals surface area contributed by atoms with Gasteiger partial charge in [-0.2, -0.15) is 0 Å². The van der Waals surface area contributed by atoms with E-state index in [0.717, 1.165) is 30.9 Å². The van der Waals surface area contributed by atoms with Gasteiger partial charge in [0.2, 0.25) is 0 Å². The van der Waals surface area contributed by atoms with E-state index in [2.05, 4.69) is 40.6 Å². The third kappa shape index (κ3) is 3.72. The average Bonchev–Trinajstić information content (AvgIpc) is 2.83. The van der Waals surface area contributed by atoms with Crippen LogP contribution < -0.4 is 5.32 Å². The first kappa shape index (κ1) is 14.5. The van der Waals surface area contributed by atoms with Crippen molar-refractivity contribution in [2.24, 2.45) is 4.99 Å². The summed E-state index contributed by atoms with van der Waals surface area (Å²) >= 11 is 0. The van der Waals surface area contributed by atoms with Crippen LogP contribution in [0.5, 0.6) is 0 Å². The molecule has 0 saturated carbocycles. The lowest BCUT2D eigenvalue weighted by atomic mass is 10.0. The Morgan fingerprint density at radius 3 is 2.67 bits per heavy atom. The molecule has 1 rings (SSSR count). The number of hydrogen-bond acceptors (Lipinski definition) is 3. The van der Waals surface area contributed by atoms with Crippen molar-refractivity contribution in [3.05, 3.63) is 23.7 Å². The number of aromatic nitrogens is 2. The van der Waals surface area contributed by atoms with Gasteiger partial charge >= 0.3 is 0 Å². The van der Waals surface area contributed by atoms with E-state index < -0.39 is 0 Å². The lowest BCUT2D eigenvalue weighted by Gasteiger charge is -2.12. The number of aliphatic imine (C=N–C) groups is 1. The Bertz CT molecular complexity index is 440. The summed E-state index contributed by atoms with van der Waals surface area (Å²) in [4.78, 5) is 8.59. The van der Waals surface area contributed by atoms with Gasteiger partial charge in [0.05, 0.1) is 12.9 Å². The summed E-state index contributed by atoms with van der Waals surface area (Å²) in [6.45, 7) is 7.31. The second kappa shape index (κ2) is 6.99. The van der Waals surface area contributed by atoms with Crippen LogP contribution in [0.2, 0.25) is 0 Å². The molecule has 0 bridgehead atoms. The van der Waals surface area contributed by atoms with Crippen LogP contribution in [-0.2, 0) is 6.54 Å². The van der Waals surface area contributed by atoms with Gasteiger partial charge in [-0.25, -0.2) is 4.98 Å². The van der Waals surface area contributed by atoms with E-state index in [1.54, 1.807) is 0 Å². The standard InChI is InChI=1S/C14H24N4/c1-6-7-11(2)13(12(3)15-4)8-18-9-14(16-5)17-10-18/h9-10,16H,6-8H2,1-5H3/b13-11-,15-12-. The van der Waals surface area contributed by atoms with Crippen LogP contribution in [-0.4, -0.2) is 29.4 Å². The van der Waals surface area contributed by atoms with E-state index in [9.17, 15) is 0 Å². The van der Waals surface area contributed by atoms with E-state index in [-0.39, 0.29) is 0 Å². The van der Waals surface area contributed by atoms with Crippen LogP contribution in [0.25, 0.3) is 0 Å². The fourth-order valence-corrected chi connectivity index (χ4v) is 1.98. The van der Waals surface area contributed by atoms with Crippen molar-refractivity contribution >= 4 is 11.5 Å². The first-order chi connectivity index (χ1) is 8.62. The summed E-state index contributed by atoms with van der Waals surface area (Å²) in [7, 11) is 3.73. The molecule has 0 aliphatic rings. The molecular weight excluding hydrogens is 224 g/mol. The molecule has 0 radical (unpaired) electrons. The molecule has 1 aromatic heterocycles. The summed E-state index contributed by atoms with van der Waals surface area (Å²) in [5.41, 5.74) is 3.85. The Labute approximate surface area is 110 Å². The number of hydrogen-bond donors (Lipinski definition) is 1. The molecule has 0 amide bonds. The highest BCUT2D eigenvalue weighted by molar-refractivity contribution is 5.98. The second-order valence-corrected chi connectivity index (χ2v) is 4.50. The third-order valence-corrected chi connectivity index (χ3v) is 3.14. The molecule has 0 saturated heterocycles. The maximum Gasteiger partial charge on any atom is 0.143 e. The van der Waals surface area contributed by atoms with Crippen LogP contribution in [0.1, 0.15) is 33.6 Å². The van der Waals surface area contributed by atoms with Crippen LogP contribution in [0.3, 0.4) is 0 Å². The molecule has 1 heterocycles. The van der Waals surface area contributed by atoms with Crippen molar-refractivity contribution < 1.29 is 0 Å². The summed E-state index contributed by atoms with van der Waals surface area (Å²) in [5, 5.41) is 3.04. The van der Waals surface area contributed by atoms with E-state index in [0.29, 0.717) is 0 Å². The van der Waals surface area contributed by atoms with E-state index >= 15 is 0 Å². The molecule has 4 nitrogen and oxygen atoms in total. The summed E-state index contributed by atoms with van der Waals surface area (Å²) < 4.78 is 2.09. The zero-order valence-electron chi connectivity index (χ0n) is 12.1. The highest BCUT2D eigenvalue weighted by Crippen LogP contribution is 2.15. The van der Waals surface area contributed by atoms with Crippen molar-refractivity contribution in [3.8, 4) is 0 Å². The normalized spacial score (nSPS) is 13.5. The molecule has 0 atom stereocenters. The molecule has 4 heteroatoms. The van der Waals surface area contributed by atoms with Crippen LogP contribution >= 0.6 is 0 Å². The first-order valence-electron chi connectivity index (χ1n) is 6.44. The smallest absolute Gasteiger partial charge is 0.143 e. The number of imidazole rings is 1. The highest BCUT2D eigenvalue weighted by atomic mass is 15.1. The lowest BCUT2D eigenvalue weighted by molar-refractivity contribution is 0.780. The van der Waals surface area contributed by atoms with Crippen LogP contribution in [0.4, 0.5) is 5.82 Å². The summed E-state index contributed by atoms with van der Waals surface area (Å²) in [6, 6.07) is 0. The quantitative estimate of drug-likeness (QED) is 0.786. The van der Waals surface area contributed by atoms with Gasteiger partial charge in [0.25, 0.3) is 0 Å². The van der Waals surface area contributed by atoms with Crippen molar-refractivity contribution in [2.75, 3.05) is 19.4 Å². The molecule has 0 aliphatic carbocycles. The Balaban J connectivity index is 2.95. The van der Waals surface area contributed by atoms with Gasteiger partial charge in [-0.1, -0.05) is 18.9 Å². The molecule has 0 aliphatic heterocycles. The highest BCUT2D eigenvalue weighted by Gasteiger charge is 2.07. The fourth-order valence-electron chi connectivity index (χ4n) is 1.98. The zero-order valence-corrected chi connectivity index (χ0v) is 12.1. The van der Waals surface area contributed by atoms with Gasteiger partial charge in [-0.15, -0.1) is 0 Å². The predicted octanol–water partition coefficient (Wildman–Crippen LogP) is 3.13. The first-order valence-corrected chi connectivity index (χ1v) is 6.44. The molecule has 1 aromatic rings. The Kier molecular flexibility index (Phi) is 5.62. The number of nitrogens with zero attached hydrogens (tertiary/aromatic N) is 3. The van der Waals surface area contributed by atoms with Gasteiger partial charge in [-0.05, 0) is 25.8 Å². The number of rotatable bonds is 6. The Hall–Kier alpha value is -1.58. The van der Waals surface area contributed by atoms with Gasteiger partial charge in [0.15, 0.2) is 0 Å². The molecular formula is C14H24N4. The maximum absolute atomic E-state index is 4.32. The number of nitrogens with one attached hydrogen (secondary N) is 1. The Morgan fingerprint density at radius 1 is 1.44 bits per heavy atom. The minimum Gasteiger partial charge on any atom is -0.372 e. The van der Waals surface area contributed by atoms with E-state index in [4.69, 9.17) is 0 Å². The molecule has 100 valence electrons. The van der Waals surface area contributed by atoms with Crippen molar-refractivity contribution in [3.63, 3.8) is 0 Å². The van der Waals surface area contributed by atoms with Gasteiger partial charge in [0.1, 0.15) is 5.82 Å². The monoisotopic (exact) mass is 248 g/mol. The topological polar surface area (TPSA) is 42.2 Å². The maximum atomic E-state index is 4.32. The van der Waals surface area contributed by atoms with Gasteiger partial charge in [0, 0.05) is 26.0 Å².